The number of nitrogens with one attached hydrogen (secondary N) is 2. The number of amides is 1. The summed E-state index contributed by atoms with van der Waals surface area (Å²) >= 11 is 0. The van der Waals surface area contributed by atoms with E-state index >= 15 is 0 Å². The standard InChI is InChI=1S/C14H14N2.C3H7NO/c1-2-5-10-8-9-12-11-6-3-4-7-13(11)16-14(12)15-10;1-2-4-3-5/h3-4,6-9H,2,5H2,1H3,(H,15,16);3H,2H2,1H3,(H,4,5). The van der Waals surface area contributed by atoms with Crippen LogP contribution in [0.15, 0.2) is 36.4 Å². The molecule has 0 fully saturated rings. The number of aromatic amines is 1. The van der Waals surface area contributed by atoms with Crippen LogP contribution in [0.4, 0.5) is 0 Å². The fraction of sp³-hybridized carbons (Fsp3) is 0.294. The van der Waals surface area contributed by atoms with Crippen LogP contribution in [0.1, 0.15) is 26.0 Å². The van der Waals surface area contributed by atoms with Crippen LogP contribution in [0.5, 0.6) is 0 Å². The Morgan fingerprint density at radius 2 is 1.95 bits per heavy atom. The van der Waals surface area contributed by atoms with Gasteiger partial charge in [0.15, 0.2) is 0 Å². The van der Waals surface area contributed by atoms with E-state index in [1.54, 1.807) is 0 Å². The van der Waals surface area contributed by atoms with E-state index in [4.69, 9.17) is 0 Å². The highest BCUT2D eigenvalue weighted by molar-refractivity contribution is 6.05. The largest absolute Gasteiger partial charge is 0.359 e. The lowest BCUT2D eigenvalue weighted by atomic mass is 10.1. The lowest BCUT2D eigenvalue weighted by molar-refractivity contribution is -0.109. The van der Waals surface area contributed by atoms with Crippen LogP contribution >= 0.6 is 0 Å². The molecule has 2 N–H and O–H groups in total. The van der Waals surface area contributed by atoms with Crippen molar-refractivity contribution in [1.29, 1.82) is 0 Å². The maximum Gasteiger partial charge on any atom is 0.207 e. The molecule has 3 aromatic rings. The zero-order valence-corrected chi connectivity index (χ0v) is 12.5. The van der Waals surface area contributed by atoms with Gasteiger partial charge in [0, 0.05) is 28.5 Å². The van der Waals surface area contributed by atoms with Gasteiger partial charge in [0.2, 0.25) is 6.41 Å². The van der Waals surface area contributed by atoms with Gasteiger partial charge in [0.05, 0.1) is 0 Å². The van der Waals surface area contributed by atoms with Gasteiger partial charge in [-0.3, -0.25) is 4.79 Å². The molecule has 4 nitrogen and oxygen atoms in total. The van der Waals surface area contributed by atoms with E-state index in [0.29, 0.717) is 6.41 Å². The molecule has 0 bridgehead atoms. The lowest BCUT2D eigenvalue weighted by Gasteiger charge is -1.97. The van der Waals surface area contributed by atoms with E-state index in [-0.39, 0.29) is 0 Å². The molecule has 0 aliphatic heterocycles. The van der Waals surface area contributed by atoms with Crippen molar-refractivity contribution in [2.45, 2.75) is 26.7 Å². The molecular weight excluding hydrogens is 262 g/mol. The SMILES string of the molecule is CCCc1ccc2c(n1)[nH]c1ccccc12.CCNC=O. The zero-order chi connectivity index (χ0) is 15.1. The van der Waals surface area contributed by atoms with Crippen molar-refractivity contribution in [3.8, 4) is 0 Å². The number of para-hydroxylation sites is 1. The summed E-state index contributed by atoms with van der Waals surface area (Å²) in [5, 5.41) is 4.91. The summed E-state index contributed by atoms with van der Waals surface area (Å²) in [7, 11) is 0. The number of carbonyl (C=O) groups excluding carboxylic acids is 1. The van der Waals surface area contributed by atoms with Gasteiger partial charge < -0.3 is 10.3 Å². The second-order valence-corrected chi connectivity index (χ2v) is 4.79. The Hall–Kier alpha value is -2.36. The molecule has 2 aromatic heterocycles. The van der Waals surface area contributed by atoms with Gasteiger partial charge in [-0.25, -0.2) is 4.98 Å². The molecule has 21 heavy (non-hydrogen) atoms. The van der Waals surface area contributed by atoms with E-state index in [1.807, 2.05) is 13.0 Å². The average molecular weight is 283 g/mol. The van der Waals surface area contributed by atoms with Crippen molar-refractivity contribution in [3.63, 3.8) is 0 Å². The first kappa shape index (κ1) is 15.0. The van der Waals surface area contributed by atoms with E-state index in [9.17, 15) is 4.79 Å². The van der Waals surface area contributed by atoms with Crippen molar-refractivity contribution in [1.82, 2.24) is 15.3 Å². The molecule has 2 heterocycles. The third-order valence-corrected chi connectivity index (χ3v) is 3.22. The number of hydrogen-bond acceptors (Lipinski definition) is 2. The Morgan fingerprint density at radius 3 is 2.62 bits per heavy atom. The summed E-state index contributed by atoms with van der Waals surface area (Å²) in [6, 6.07) is 12.6. The first-order chi connectivity index (χ1) is 10.3. The van der Waals surface area contributed by atoms with Crippen molar-refractivity contribution < 1.29 is 4.79 Å². The van der Waals surface area contributed by atoms with E-state index < -0.39 is 0 Å². The minimum Gasteiger partial charge on any atom is -0.359 e. The van der Waals surface area contributed by atoms with Gasteiger partial charge in [0.25, 0.3) is 0 Å². The fourth-order valence-electron chi connectivity index (χ4n) is 2.25. The first-order valence-corrected chi connectivity index (χ1v) is 7.33. The molecule has 0 atom stereocenters. The topological polar surface area (TPSA) is 57.8 Å². The number of pyridine rings is 1. The molecule has 1 aromatic carbocycles. The highest BCUT2D eigenvalue weighted by atomic mass is 16.1. The summed E-state index contributed by atoms with van der Waals surface area (Å²) in [5.41, 5.74) is 3.34. The summed E-state index contributed by atoms with van der Waals surface area (Å²) < 4.78 is 0. The molecule has 0 spiro atoms. The van der Waals surface area contributed by atoms with Crippen LogP contribution in [0.2, 0.25) is 0 Å². The Bertz CT molecular complexity index is 718. The van der Waals surface area contributed by atoms with Crippen LogP contribution < -0.4 is 5.32 Å². The summed E-state index contributed by atoms with van der Waals surface area (Å²) in [6.07, 6.45) is 2.87. The molecule has 0 saturated carbocycles. The van der Waals surface area contributed by atoms with Gasteiger partial charge >= 0.3 is 0 Å². The quantitative estimate of drug-likeness (QED) is 0.721. The molecule has 3 rings (SSSR count). The Balaban J connectivity index is 0.000000282. The van der Waals surface area contributed by atoms with Crippen molar-refractivity contribution >= 4 is 28.3 Å². The highest BCUT2D eigenvalue weighted by Gasteiger charge is 2.04. The van der Waals surface area contributed by atoms with Crippen LogP contribution in [-0.2, 0) is 11.2 Å². The Kier molecular flexibility index (Phi) is 5.32. The Labute approximate surface area is 124 Å². The molecule has 1 amide bonds. The number of aryl methyl sites for hydroxylation is 1. The second-order valence-electron chi connectivity index (χ2n) is 4.79. The van der Waals surface area contributed by atoms with Crippen molar-refractivity contribution in [2.75, 3.05) is 6.54 Å². The first-order valence-electron chi connectivity index (χ1n) is 7.33. The maximum absolute atomic E-state index is 9.29. The molecule has 0 aliphatic carbocycles. The number of aromatic nitrogens is 2. The summed E-state index contributed by atoms with van der Waals surface area (Å²) in [5.74, 6) is 0. The maximum atomic E-state index is 9.29. The van der Waals surface area contributed by atoms with E-state index in [0.717, 1.165) is 25.0 Å². The minimum atomic E-state index is 0.681. The van der Waals surface area contributed by atoms with Gasteiger partial charge in [-0.15, -0.1) is 0 Å². The number of nitrogens with zero attached hydrogens (tertiary/aromatic N) is 1. The fourth-order valence-corrected chi connectivity index (χ4v) is 2.25. The molecule has 0 unspecified atom stereocenters. The monoisotopic (exact) mass is 283 g/mol. The Morgan fingerprint density at radius 1 is 1.14 bits per heavy atom. The molecule has 110 valence electrons. The van der Waals surface area contributed by atoms with Crippen LogP contribution in [0, 0.1) is 0 Å². The molecule has 0 aliphatic rings. The number of fused-ring (bicyclic) bond motifs is 3. The minimum absolute atomic E-state index is 0.681. The predicted molar refractivity (Wildman–Crippen MR) is 87.3 cm³/mol. The second kappa shape index (κ2) is 7.43. The number of rotatable bonds is 4. The zero-order valence-electron chi connectivity index (χ0n) is 12.5. The average Bonchev–Trinajstić information content (AvgIpc) is 2.87. The van der Waals surface area contributed by atoms with E-state index in [2.05, 4.69) is 52.5 Å². The van der Waals surface area contributed by atoms with Gasteiger partial charge in [-0.1, -0.05) is 31.5 Å². The molecule has 4 heteroatoms. The highest BCUT2D eigenvalue weighted by Crippen LogP contribution is 2.23. The number of carbonyl (C=O) groups is 1. The van der Waals surface area contributed by atoms with Gasteiger partial charge in [-0.2, -0.15) is 0 Å². The van der Waals surface area contributed by atoms with E-state index in [1.165, 1.54) is 22.0 Å². The smallest absolute Gasteiger partial charge is 0.207 e. The van der Waals surface area contributed by atoms with Crippen LogP contribution in [0.25, 0.3) is 21.9 Å². The number of hydrogen-bond donors (Lipinski definition) is 2. The number of H-pyrrole nitrogens is 1. The van der Waals surface area contributed by atoms with Crippen LogP contribution in [-0.4, -0.2) is 22.9 Å². The summed E-state index contributed by atoms with van der Waals surface area (Å²) in [6.45, 7) is 4.77. The van der Waals surface area contributed by atoms with Crippen molar-refractivity contribution in [2.24, 2.45) is 0 Å². The summed E-state index contributed by atoms with van der Waals surface area (Å²) in [4.78, 5) is 17.3. The third kappa shape index (κ3) is 3.60. The van der Waals surface area contributed by atoms with Gasteiger partial charge in [0.1, 0.15) is 5.65 Å². The lowest BCUT2D eigenvalue weighted by Crippen LogP contribution is -2.07. The van der Waals surface area contributed by atoms with Crippen molar-refractivity contribution in [3.05, 3.63) is 42.1 Å². The third-order valence-electron chi connectivity index (χ3n) is 3.22. The molecular formula is C17H21N3O. The predicted octanol–water partition coefficient (Wildman–Crippen LogP) is 3.42. The molecule has 0 saturated heterocycles. The van der Waals surface area contributed by atoms with Gasteiger partial charge in [-0.05, 0) is 31.5 Å². The van der Waals surface area contributed by atoms with Crippen LogP contribution in [0.3, 0.4) is 0 Å². The normalized spacial score (nSPS) is 10.2. The molecule has 0 radical (unpaired) electrons. The number of benzene rings is 1.